The van der Waals surface area contributed by atoms with Gasteiger partial charge >= 0.3 is 11.9 Å². The minimum absolute atomic E-state index is 0.252. The number of amides is 1. The average molecular weight is 281 g/mol. The molecule has 0 aromatic heterocycles. The summed E-state index contributed by atoms with van der Waals surface area (Å²) in [4.78, 5) is 33.1. The van der Waals surface area contributed by atoms with E-state index >= 15 is 0 Å². The largest absolute Gasteiger partial charge is 0.481 e. The molecule has 0 fully saturated rings. The smallest absolute Gasteiger partial charge is 0.326 e. The Morgan fingerprint density at radius 3 is 2.20 bits per heavy atom. The lowest BCUT2D eigenvalue weighted by molar-refractivity contribution is -0.144. The van der Waals surface area contributed by atoms with Crippen LogP contribution < -0.4 is 5.32 Å². The van der Waals surface area contributed by atoms with E-state index in [2.05, 4.69) is 5.32 Å². The third kappa shape index (κ3) is 4.69. The summed E-state index contributed by atoms with van der Waals surface area (Å²) in [5.41, 5.74) is 0.326. The van der Waals surface area contributed by atoms with Gasteiger partial charge in [-0.25, -0.2) is 4.79 Å². The number of nitrogens with one attached hydrogen (secondary N) is 1. The van der Waals surface area contributed by atoms with Crippen molar-refractivity contribution in [2.45, 2.75) is 25.0 Å². The van der Waals surface area contributed by atoms with Crippen molar-refractivity contribution in [1.29, 1.82) is 0 Å². The van der Waals surface area contributed by atoms with E-state index in [1.54, 1.807) is 18.2 Å². The Kier molecular flexibility index (Phi) is 5.67. The van der Waals surface area contributed by atoms with Crippen molar-refractivity contribution < 1.29 is 29.7 Å². The van der Waals surface area contributed by atoms with Gasteiger partial charge in [0.1, 0.15) is 6.04 Å². The second-order valence-corrected chi connectivity index (χ2v) is 4.15. The van der Waals surface area contributed by atoms with Crippen molar-refractivity contribution in [3.8, 4) is 0 Å². The molecule has 1 aromatic carbocycles. The molecule has 20 heavy (non-hydrogen) atoms. The van der Waals surface area contributed by atoms with Gasteiger partial charge in [0.05, 0.1) is 0 Å². The third-order valence-electron chi connectivity index (χ3n) is 2.63. The Balaban J connectivity index is 2.66. The van der Waals surface area contributed by atoms with Crippen LogP contribution in [0.2, 0.25) is 0 Å². The van der Waals surface area contributed by atoms with Gasteiger partial charge in [0.15, 0.2) is 6.10 Å². The molecule has 0 aliphatic carbocycles. The van der Waals surface area contributed by atoms with Crippen LogP contribution in [0.5, 0.6) is 0 Å². The molecule has 108 valence electrons. The Morgan fingerprint density at radius 2 is 1.70 bits per heavy atom. The van der Waals surface area contributed by atoms with Gasteiger partial charge in [0, 0.05) is 6.42 Å². The Labute approximate surface area is 114 Å². The topological polar surface area (TPSA) is 124 Å². The van der Waals surface area contributed by atoms with E-state index < -0.39 is 36.4 Å². The summed E-state index contributed by atoms with van der Waals surface area (Å²) in [6.07, 6.45) is -2.14. The first kappa shape index (κ1) is 15.6. The fraction of sp³-hybridized carbons (Fsp3) is 0.308. The first-order valence-corrected chi connectivity index (χ1v) is 5.89. The maximum atomic E-state index is 11.7. The van der Waals surface area contributed by atoms with Gasteiger partial charge in [-0.2, -0.15) is 0 Å². The molecule has 2 unspecified atom stereocenters. The summed E-state index contributed by atoms with van der Waals surface area (Å²) in [6.45, 7) is 0. The molecule has 0 radical (unpaired) electrons. The first-order valence-electron chi connectivity index (χ1n) is 5.89. The number of aliphatic hydroxyl groups is 1. The molecule has 0 aliphatic heterocycles. The second kappa shape index (κ2) is 7.25. The van der Waals surface area contributed by atoms with Crippen molar-refractivity contribution in [2.75, 3.05) is 0 Å². The number of aliphatic carboxylic acids is 2. The standard InChI is InChI=1S/C13H15NO6/c15-10(16)7-6-9(13(19)20)14-12(18)11(17)8-4-2-1-3-5-8/h1-5,9,11,17H,6-7H2,(H,14,18)(H,15,16)(H,19,20). The highest BCUT2D eigenvalue weighted by atomic mass is 16.4. The van der Waals surface area contributed by atoms with Gasteiger partial charge in [0.2, 0.25) is 0 Å². The number of carbonyl (C=O) groups is 3. The predicted octanol–water partition coefficient (Wildman–Crippen LogP) is 0.154. The minimum Gasteiger partial charge on any atom is -0.481 e. The molecule has 0 heterocycles. The van der Waals surface area contributed by atoms with Crippen LogP contribution >= 0.6 is 0 Å². The number of rotatable bonds is 7. The highest BCUT2D eigenvalue weighted by molar-refractivity contribution is 5.87. The molecule has 2 atom stereocenters. The Hall–Kier alpha value is -2.41. The maximum Gasteiger partial charge on any atom is 0.326 e. The van der Waals surface area contributed by atoms with Gasteiger partial charge in [-0.05, 0) is 12.0 Å². The molecule has 1 amide bonds. The van der Waals surface area contributed by atoms with Crippen LogP contribution in [0.4, 0.5) is 0 Å². The van der Waals surface area contributed by atoms with E-state index in [9.17, 15) is 19.5 Å². The second-order valence-electron chi connectivity index (χ2n) is 4.15. The number of benzene rings is 1. The lowest BCUT2D eigenvalue weighted by Gasteiger charge is -2.16. The quantitative estimate of drug-likeness (QED) is 0.564. The number of aliphatic hydroxyl groups excluding tert-OH is 1. The molecular weight excluding hydrogens is 266 g/mol. The third-order valence-corrected chi connectivity index (χ3v) is 2.63. The number of hydrogen-bond donors (Lipinski definition) is 4. The summed E-state index contributed by atoms with van der Waals surface area (Å²) in [6, 6.07) is 6.67. The zero-order valence-corrected chi connectivity index (χ0v) is 10.5. The van der Waals surface area contributed by atoms with Gasteiger partial charge in [-0.3, -0.25) is 9.59 Å². The highest BCUT2D eigenvalue weighted by Gasteiger charge is 2.25. The summed E-state index contributed by atoms with van der Waals surface area (Å²) < 4.78 is 0. The highest BCUT2D eigenvalue weighted by Crippen LogP contribution is 2.12. The SMILES string of the molecule is O=C(O)CCC(NC(=O)C(O)c1ccccc1)C(=O)O. The van der Waals surface area contributed by atoms with Crippen molar-refractivity contribution in [2.24, 2.45) is 0 Å². The lowest BCUT2D eigenvalue weighted by Crippen LogP contribution is -2.43. The van der Waals surface area contributed by atoms with Crippen LogP contribution in [-0.2, 0) is 14.4 Å². The fourth-order valence-corrected chi connectivity index (χ4v) is 1.56. The zero-order chi connectivity index (χ0) is 15.1. The van der Waals surface area contributed by atoms with Gasteiger partial charge in [-0.15, -0.1) is 0 Å². The van der Waals surface area contributed by atoms with Gasteiger partial charge < -0.3 is 20.6 Å². The van der Waals surface area contributed by atoms with Crippen molar-refractivity contribution in [1.82, 2.24) is 5.32 Å². The molecule has 7 heteroatoms. The van der Waals surface area contributed by atoms with E-state index in [4.69, 9.17) is 10.2 Å². The van der Waals surface area contributed by atoms with Crippen LogP contribution in [0, 0.1) is 0 Å². The molecule has 0 spiro atoms. The molecule has 1 aromatic rings. The van der Waals surface area contributed by atoms with E-state index in [0.29, 0.717) is 5.56 Å². The van der Waals surface area contributed by atoms with Crippen LogP contribution in [-0.4, -0.2) is 39.2 Å². The molecule has 0 saturated heterocycles. The first-order chi connectivity index (χ1) is 9.41. The van der Waals surface area contributed by atoms with Crippen LogP contribution in [0.3, 0.4) is 0 Å². The van der Waals surface area contributed by atoms with Crippen molar-refractivity contribution in [3.05, 3.63) is 35.9 Å². The fourth-order valence-electron chi connectivity index (χ4n) is 1.56. The predicted molar refractivity (Wildman–Crippen MR) is 67.8 cm³/mol. The number of hydrogen-bond acceptors (Lipinski definition) is 4. The Bertz CT molecular complexity index is 487. The number of carboxylic acids is 2. The molecule has 0 bridgehead atoms. The number of carbonyl (C=O) groups excluding carboxylic acids is 1. The van der Waals surface area contributed by atoms with Gasteiger partial charge in [0.25, 0.3) is 5.91 Å². The Morgan fingerprint density at radius 1 is 1.10 bits per heavy atom. The van der Waals surface area contributed by atoms with E-state index in [-0.39, 0.29) is 6.42 Å². The van der Waals surface area contributed by atoms with E-state index in [1.807, 2.05) is 0 Å². The zero-order valence-electron chi connectivity index (χ0n) is 10.5. The van der Waals surface area contributed by atoms with Crippen LogP contribution in [0.15, 0.2) is 30.3 Å². The average Bonchev–Trinajstić information content (AvgIpc) is 2.42. The molecule has 0 aliphatic rings. The van der Waals surface area contributed by atoms with Crippen LogP contribution in [0.1, 0.15) is 24.5 Å². The molecule has 4 N–H and O–H groups in total. The summed E-state index contributed by atoms with van der Waals surface area (Å²) in [7, 11) is 0. The van der Waals surface area contributed by atoms with E-state index in [0.717, 1.165) is 0 Å². The van der Waals surface area contributed by atoms with Crippen molar-refractivity contribution >= 4 is 17.8 Å². The van der Waals surface area contributed by atoms with Crippen molar-refractivity contribution in [3.63, 3.8) is 0 Å². The van der Waals surface area contributed by atoms with Gasteiger partial charge in [-0.1, -0.05) is 30.3 Å². The molecule has 0 saturated carbocycles. The molecular formula is C13H15NO6. The molecule has 7 nitrogen and oxygen atoms in total. The maximum absolute atomic E-state index is 11.7. The summed E-state index contributed by atoms with van der Waals surface area (Å²) in [5, 5.41) is 29.3. The monoisotopic (exact) mass is 281 g/mol. The molecule has 1 rings (SSSR count). The minimum atomic E-state index is -1.50. The lowest BCUT2D eigenvalue weighted by atomic mass is 10.1. The van der Waals surface area contributed by atoms with E-state index in [1.165, 1.54) is 12.1 Å². The number of carboxylic acid groups (broad SMARTS) is 2. The normalized spacial score (nSPS) is 13.2. The summed E-state index contributed by atoms with van der Waals surface area (Å²) >= 11 is 0. The summed E-state index contributed by atoms with van der Waals surface area (Å²) in [5.74, 6) is -3.39. The van der Waals surface area contributed by atoms with Crippen LogP contribution in [0.25, 0.3) is 0 Å².